The Labute approximate surface area is 124 Å². The van der Waals surface area contributed by atoms with E-state index >= 15 is 0 Å². The molecule has 0 amide bonds. The SMILES string of the molecule is CCOc1cc(CBr)ccc1OCCOCC(F)(F)F. The van der Waals surface area contributed by atoms with Gasteiger partial charge in [-0.25, -0.2) is 0 Å². The zero-order chi connectivity index (χ0) is 15.0. The van der Waals surface area contributed by atoms with Crippen LogP contribution in [0, 0.1) is 0 Å². The van der Waals surface area contributed by atoms with E-state index < -0.39 is 12.8 Å². The third-order valence-corrected chi connectivity index (χ3v) is 2.86. The minimum absolute atomic E-state index is 0.0316. The monoisotopic (exact) mass is 356 g/mol. The van der Waals surface area contributed by atoms with Crippen molar-refractivity contribution >= 4 is 15.9 Å². The number of ether oxygens (including phenoxy) is 3. The fourth-order valence-electron chi connectivity index (χ4n) is 1.42. The molecule has 0 heterocycles. The van der Waals surface area contributed by atoms with Crippen LogP contribution in [0.15, 0.2) is 18.2 Å². The molecule has 7 heteroatoms. The minimum Gasteiger partial charge on any atom is -0.490 e. The van der Waals surface area contributed by atoms with Crippen LogP contribution in [0.5, 0.6) is 11.5 Å². The maximum absolute atomic E-state index is 11.9. The molecule has 0 bridgehead atoms. The van der Waals surface area contributed by atoms with Crippen molar-refractivity contribution in [1.82, 2.24) is 0 Å². The number of alkyl halides is 4. The molecule has 0 unspecified atom stereocenters. The first-order chi connectivity index (χ1) is 9.46. The van der Waals surface area contributed by atoms with Gasteiger partial charge in [0.2, 0.25) is 0 Å². The van der Waals surface area contributed by atoms with Gasteiger partial charge in [-0.2, -0.15) is 13.2 Å². The van der Waals surface area contributed by atoms with E-state index in [4.69, 9.17) is 9.47 Å². The lowest BCUT2D eigenvalue weighted by Crippen LogP contribution is -2.19. The van der Waals surface area contributed by atoms with Gasteiger partial charge in [-0.15, -0.1) is 0 Å². The summed E-state index contributed by atoms with van der Waals surface area (Å²) in [6.45, 7) is 0.954. The van der Waals surface area contributed by atoms with E-state index in [0.717, 1.165) is 5.56 Å². The van der Waals surface area contributed by atoms with Crippen molar-refractivity contribution < 1.29 is 27.4 Å². The number of hydrogen-bond acceptors (Lipinski definition) is 3. The Morgan fingerprint density at radius 1 is 1.10 bits per heavy atom. The molecule has 1 rings (SSSR count). The number of hydrogen-bond donors (Lipinski definition) is 0. The third-order valence-electron chi connectivity index (χ3n) is 2.21. The summed E-state index contributed by atoms with van der Waals surface area (Å²) >= 11 is 3.34. The number of halogens is 4. The molecule has 0 spiro atoms. The van der Waals surface area contributed by atoms with Crippen molar-refractivity contribution in [3.8, 4) is 11.5 Å². The minimum atomic E-state index is -4.31. The summed E-state index contributed by atoms with van der Waals surface area (Å²) in [4.78, 5) is 0. The Hall–Kier alpha value is -0.950. The molecule has 1 aromatic rings. The average molecular weight is 357 g/mol. The molecule has 1 aromatic carbocycles. The van der Waals surface area contributed by atoms with E-state index in [1.807, 2.05) is 19.1 Å². The van der Waals surface area contributed by atoms with Gasteiger partial charge in [0.1, 0.15) is 13.2 Å². The van der Waals surface area contributed by atoms with Gasteiger partial charge in [-0.3, -0.25) is 0 Å². The zero-order valence-electron chi connectivity index (χ0n) is 11.0. The maximum atomic E-state index is 11.9. The van der Waals surface area contributed by atoms with Crippen LogP contribution in [0.2, 0.25) is 0 Å². The molecule has 0 N–H and O–H groups in total. The molecule has 114 valence electrons. The number of rotatable bonds is 8. The Morgan fingerprint density at radius 2 is 1.85 bits per heavy atom. The summed E-state index contributed by atoms with van der Waals surface area (Å²) in [5, 5.41) is 0.683. The summed E-state index contributed by atoms with van der Waals surface area (Å²) in [6.07, 6.45) is -4.31. The molecule has 0 atom stereocenters. The summed E-state index contributed by atoms with van der Waals surface area (Å²) in [6, 6.07) is 5.40. The van der Waals surface area contributed by atoms with E-state index in [1.54, 1.807) is 6.07 Å². The van der Waals surface area contributed by atoms with Crippen LogP contribution in [0.4, 0.5) is 13.2 Å². The highest BCUT2D eigenvalue weighted by Crippen LogP contribution is 2.29. The molecule has 0 aliphatic carbocycles. The maximum Gasteiger partial charge on any atom is 0.411 e. The third kappa shape index (κ3) is 6.47. The molecular formula is C13H16BrF3O3. The fraction of sp³-hybridized carbons (Fsp3) is 0.538. The largest absolute Gasteiger partial charge is 0.490 e. The second-order valence-electron chi connectivity index (χ2n) is 3.86. The van der Waals surface area contributed by atoms with Crippen LogP contribution >= 0.6 is 15.9 Å². The molecule has 0 aliphatic rings. The van der Waals surface area contributed by atoms with Crippen LogP contribution < -0.4 is 9.47 Å². The first kappa shape index (κ1) is 17.1. The molecule has 20 heavy (non-hydrogen) atoms. The van der Waals surface area contributed by atoms with Gasteiger partial charge in [-0.1, -0.05) is 22.0 Å². The van der Waals surface area contributed by atoms with Crippen molar-refractivity contribution in [3.63, 3.8) is 0 Å². The molecule has 0 fully saturated rings. The lowest BCUT2D eigenvalue weighted by Gasteiger charge is -2.13. The second kappa shape index (κ2) is 8.36. The number of benzene rings is 1. The van der Waals surface area contributed by atoms with Crippen molar-refractivity contribution in [3.05, 3.63) is 23.8 Å². The van der Waals surface area contributed by atoms with Crippen molar-refractivity contribution in [1.29, 1.82) is 0 Å². The van der Waals surface area contributed by atoms with Gasteiger partial charge in [0.05, 0.1) is 13.2 Å². The Balaban J connectivity index is 2.46. The predicted molar refractivity (Wildman–Crippen MR) is 72.6 cm³/mol. The van der Waals surface area contributed by atoms with Crippen molar-refractivity contribution in [2.75, 3.05) is 26.4 Å². The molecule has 3 nitrogen and oxygen atoms in total. The Bertz CT molecular complexity index is 410. The average Bonchev–Trinajstić information content (AvgIpc) is 2.38. The highest BCUT2D eigenvalue weighted by molar-refractivity contribution is 9.08. The van der Waals surface area contributed by atoms with E-state index in [1.165, 1.54) is 0 Å². The van der Waals surface area contributed by atoms with Crippen molar-refractivity contribution in [2.24, 2.45) is 0 Å². The summed E-state index contributed by atoms with van der Waals surface area (Å²) in [7, 11) is 0. The molecule has 0 saturated carbocycles. The molecule has 0 aliphatic heterocycles. The molecule has 0 aromatic heterocycles. The molecule has 0 saturated heterocycles. The van der Waals surface area contributed by atoms with E-state index in [-0.39, 0.29) is 13.2 Å². The van der Waals surface area contributed by atoms with Crippen LogP contribution in [0.3, 0.4) is 0 Å². The lowest BCUT2D eigenvalue weighted by molar-refractivity contribution is -0.175. The highest BCUT2D eigenvalue weighted by atomic mass is 79.9. The van der Waals surface area contributed by atoms with E-state index in [0.29, 0.717) is 23.4 Å². The Morgan fingerprint density at radius 3 is 2.45 bits per heavy atom. The standard InChI is InChI=1S/C13H16BrF3O3/c1-2-19-12-7-10(8-14)3-4-11(12)20-6-5-18-9-13(15,16)17/h3-4,7H,2,5-6,8-9H2,1H3. The Kier molecular flexibility index (Phi) is 7.15. The van der Waals surface area contributed by atoms with Crippen LogP contribution in [0.25, 0.3) is 0 Å². The predicted octanol–water partition coefficient (Wildman–Crippen LogP) is 3.94. The van der Waals surface area contributed by atoms with E-state index in [9.17, 15) is 13.2 Å². The topological polar surface area (TPSA) is 27.7 Å². The van der Waals surface area contributed by atoms with Gasteiger partial charge in [0, 0.05) is 5.33 Å². The summed E-state index contributed by atoms with van der Waals surface area (Å²) < 4.78 is 50.9. The lowest BCUT2D eigenvalue weighted by atomic mass is 10.2. The van der Waals surface area contributed by atoms with Gasteiger partial charge >= 0.3 is 6.18 Å². The van der Waals surface area contributed by atoms with Crippen LogP contribution in [0.1, 0.15) is 12.5 Å². The quantitative estimate of drug-likeness (QED) is 0.521. The summed E-state index contributed by atoms with van der Waals surface area (Å²) in [5.41, 5.74) is 1.02. The second-order valence-corrected chi connectivity index (χ2v) is 4.42. The van der Waals surface area contributed by atoms with Crippen molar-refractivity contribution in [2.45, 2.75) is 18.4 Å². The fourth-order valence-corrected chi connectivity index (χ4v) is 1.77. The molecular weight excluding hydrogens is 341 g/mol. The van der Waals surface area contributed by atoms with Gasteiger partial charge in [0.15, 0.2) is 11.5 Å². The van der Waals surface area contributed by atoms with Gasteiger partial charge < -0.3 is 14.2 Å². The normalized spacial score (nSPS) is 11.4. The van der Waals surface area contributed by atoms with E-state index in [2.05, 4.69) is 20.7 Å². The first-order valence-electron chi connectivity index (χ1n) is 6.05. The highest BCUT2D eigenvalue weighted by Gasteiger charge is 2.27. The smallest absolute Gasteiger partial charge is 0.411 e. The van der Waals surface area contributed by atoms with Crippen LogP contribution in [-0.2, 0) is 10.1 Å². The molecule has 0 radical (unpaired) electrons. The van der Waals surface area contributed by atoms with Gasteiger partial charge in [-0.05, 0) is 24.6 Å². The zero-order valence-corrected chi connectivity index (χ0v) is 12.6. The summed E-state index contributed by atoms with van der Waals surface area (Å²) in [5.74, 6) is 1.06. The van der Waals surface area contributed by atoms with Gasteiger partial charge in [0.25, 0.3) is 0 Å². The first-order valence-corrected chi connectivity index (χ1v) is 7.17. The van der Waals surface area contributed by atoms with Crippen LogP contribution in [-0.4, -0.2) is 32.6 Å².